The summed E-state index contributed by atoms with van der Waals surface area (Å²) in [5, 5.41) is 5.41. The molecule has 2 amide bonds. The van der Waals surface area contributed by atoms with E-state index in [1.54, 1.807) is 18.2 Å². The molecule has 0 fully saturated rings. The molecule has 2 N–H and O–H groups in total. The van der Waals surface area contributed by atoms with Gasteiger partial charge in [0.2, 0.25) is 0 Å². The number of carbonyl (C=O) groups is 1. The molecule has 0 saturated heterocycles. The van der Waals surface area contributed by atoms with Crippen LogP contribution in [0, 0.1) is 12.7 Å². The summed E-state index contributed by atoms with van der Waals surface area (Å²) < 4.78 is 12.7. The number of urea groups is 1. The molecule has 114 valence electrons. The molecule has 0 unspecified atom stereocenters. The number of carbonyl (C=O) groups excluding carboxylic acids is 1. The first-order chi connectivity index (χ1) is 10.6. The lowest BCUT2D eigenvalue weighted by Crippen LogP contribution is -2.33. The van der Waals surface area contributed by atoms with Crippen LogP contribution in [0.2, 0.25) is 0 Å². The average molecular weight is 298 g/mol. The van der Waals surface area contributed by atoms with Crippen molar-refractivity contribution in [2.45, 2.75) is 13.3 Å². The molecule has 0 bridgehead atoms. The third-order valence-corrected chi connectivity index (χ3v) is 3.30. The Bertz CT molecular complexity index is 650. The van der Waals surface area contributed by atoms with Crippen LogP contribution in [0.3, 0.4) is 0 Å². The van der Waals surface area contributed by atoms with Gasteiger partial charge in [-0.25, -0.2) is 9.18 Å². The molecule has 2 rings (SSSR count). The van der Waals surface area contributed by atoms with E-state index < -0.39 is 0 Å². The van der Waals surface area contributed by atoms with Gasteiger partial charge in [0.25, 0.3) is 0 Å². The average Bonchev–Trinajstić information content (AvgIpc) is 2.51. The smallest absolute Gasteiger partial charge is 0.318 e. The van der Waals surface area contributed by atoms with E-state index in [0.29, 0.717) is 6.54 Å². The number of halogens is 1. The summed E-state index contributed by atoms with van der Waals surface area (Å²) >= 11 is 0. The molecule has 0 atom stereocenters. The van der Waals surface area contributed by atoms with E-state index in [1.165, 1.54) is 29.5 Å². The third-order valence-electron chi connectivity index (χ3n) is 3.30. The van der Waals surface area contributed by atoms with Gasteiger partial charge in [-0.2, -0.15) is 0 Å². The lowest BCUT2D eigenvalue weighted by Gasteiger charge is -2.07. The monoisotopic (exact) mass is 298 g/mol. The number of nitrogens with one attached hydrogen (secondary N) is 2. The van der Waals surface area contributed by atoms with Crippen LogP contribution in [0.5, 0.6) is 0 Å². The summed E-state index contributed by atoms with van der Waals surface area (Å²) in [5.74, 6) is -0.279. The number of benzene rings is 2. The first-order valence-corrected chi connectivity index (χ1v) is 7.16. The summed E-state index contributed by atoms with van der Waals surface area (Å²) in [5.41, 5.74) is 3.27. The number of hydrogen-bond acceptors (Lipinski definition) is 1. The molecule has 0 heterocycles. The zero-order chi connectivity index (χ0) is 15.8. The molecule has 0 spiro atoms. The normalized spacial score (nSPS) is 10.6. The highest BCUT2D eigenvalue weighted by atomic mass is 19.1. The van der Waals surface area contributed by atoms with Crippen molar-refractivity contribution >= 4 is 12.1 Å². The number of aryl methyl sites for hydroxylation is 1. The maximum Gasteiger partial charge on any atom is 0.318 e. The summed E-state index contributed by atoms with van der Waals surface area (Å²) in [6.07, 6.45) is 4.04. The molecule has 3 nitrogen and oxygen atoms in total. The van der Waals surface area contributed by atoms with Crippen molar-refractivity contribution in [3.8, 4) is 0 Å². The van der Waals surface area contributed by atoms with Gasteiger partial charge in [-0.15, -0.1) is 0 Å². The van der Waals surface area contributed by atoms with Gasteiger partial charge < -0.3 is 10.6 Å². The first-order valence-electron chi connectivity index (χ1n) is 7.16. The topological polar surface area (TPSA) is 41.1 Å². The van der Waals surface area contributed by atoms with Crippen molar-refractivity contribution < 1.29 is 9.18 Å². The van der Waals surface area contributed by atoms with Gasteiger partial charge in [-0.3, -0.25) is 0 Å². The quantitative estimate of drug-likeness (QED) is 0.869. The largest absolute Gasteiger partial charge is 0.338 e. The molecular formula is C18H19FN2O. The minimum atomic E-state index is -0.279. The van der Waals surface area contributed by atoms with E-state index in [1.807, 2.05) is 12.1 Å². The van der Waals surface area contributed by atoms with Crippen molar-refractivity contribution in [3.05, 3.63) is 77.2 Å². The maximum atomic E-state index is 12.7. The van der Waals surface area contributed by atoms with E-state index >= 15 is 0 Å². The van der Waals surface area contributed by atoms with Crippen molar-refractivity contribution in [2.24, 2.45) is 0 Å². The van der Waals surface area contributed by atoms with Crippen LogP contribution in [0.4, 0.5) is 9.18 Å². The van der Waals surface area contributed by atoms with Gasteiger partial charge in [0, 0.05) is 12.7 Å². The minimum absolute atomic E-state index is 0.257. The lowest BCUT2D eigenvalue weighted by atomic mass is 10.1. The van der Waals surface area contributed by atoms with Crippen LogP contribution in [0.25, 0.3) is 6.08 Å². The third kappa shape index (κ3) is 5.05. The maximum absolute atomic E-state index is 12.7. The standard InChI is InChI=1S/C18H19FN2O/c1-14-4-2-3-5-16(14)11-13-21-18(22)20-12-10-15-6-8-17(19)9-7-15/h2-10,12H,11,13H2,1H3,(H2,20,21,22)/b12-10+. The lowest BCUT2D eigenvalue weighted by molar-refractivity contribution is 0.244. The highest BCUT2D eigenvalue weighted by Gasteiger charge is 1.99. The van der Waals surface area contributed by atoms with E-state index in [-0.39, 0.29) is 11.8 Å². The van der Waals surface area contributed by atoms with Gasteiger partial charge >= 0.3 is 6.03 Å². The Morgan fingerprint density at radius 3 is 2.59 bits per heavy atom. The molecule has 2 aromatic carbocycles. The Morgan fingerprint density at radius 2 is 1.86 bits per heavy atom. The number of amides is 2. The summed E-state index contributed by atoms with van der Waals surface area (Å²) in [6, 6.07) is 13.9. The van der Waals surface area contributed by atoms with Crippen LogP contribution in [-0.4, -0.2) is 12.6 Å². The predicted octanol–water partition coefficient (Wildman–Crippen LogP) is 3.65. The molecule has 0 saturated carbocycles. The van der Waals surface area contributed by atoms with Crippen molar-refractivity contribution in [1.29, 1.82) is 0 Å². The van der Waals surface area contributed by atoms with E-state index in [2.05, 4.69) is 29.7 Å². The Hall–Kier alpha value is -2.62. The Labute approximate surface area is 129 Å². The first kappa shape index (κ1) is 15.8. The molecule has 0 aromatic heterocycles. The SMILES string of the molecule is Cc1ccccc1CCNC(=O)N/C=C/c1ccc(F)cc1. The second kappa shape index (κ2) is 7.98. The Morgan fingerprint density at radius 1 is 1.14 bits per heavy atom. The highest BCUT2D eigenvalue weighted by Crippen LogP contribution is 2.06. The fourth-order valence-corrected chi connectivity index (χ4v) is 2.04. The summed E-state index contributed by atoms with van der Waals surface area (Å²) in [6.45, 7) is 2.63. The van der Waals surface area contributed by atoms with Crippen LogP contribution in [0.1, 0.15) is 16.7 Å². The van der Waals surface area contributed by atoms with E-state index in [9.17, 15) is 9.18 Å². The molecule has 0 aliphatic heterocycles. The number of hydrogen-bond donors (Lipinski definition) is 2. The second-order valence-electron chi connectivity index (χ2n) is 4.96. The Kier molecular flexibility index (Phi) is 5.72. The van der Waals surface area contributed by atoms with Crippen LogP contribution >= 0.6 is 0 Å². The molecule has 4 heteroatoms. The molecule has 0 aliphatic rings. The molecule has 22 heavy (non-hydrogen) atoms. The second-order valence-corrected chi connectivity index (χ2v) is 4.96. The van der Waals surface area contributed by atoms with E-state index in [0.717, 1.165) is 12.0 Å². The molecule has 0 radical (unpaired) electrons. The summed E-state index contributed by atoms with van der Waals surface area (Å²) in [4.78, 5) is 11.6. The van der Waals surface area contributed by atoms with Gasteiger partial charge in [-0.1, -0.05) is 36.4 Å². The van der Waals surface area contributed by atoms with Crippen molar-refractivity contribution in [3.63, 3.8) is 0 Å². The fraction of sp³-hybridized carbons (Fsp3) is 0.167. The highest BCUT2D eigenvalue weighted by molar-refractivity contribution is 5.75. The van der Waals surface area contributed by atoms with E-state index in [4.69, 9.17) is 0 Å². The van der Waals surface area contributed by atoms with Gasteiger partial charge in [0.15, 0.2) is 0 Å². The zero-order valence-electron chi connectivity index (χ0n) is 12.5. The van der Waals surface area contributed by atoms with Gasteiger partial charge in [0.05, 0.1) is 0 Å². The van der Waals surface area contributed by atoms with Gasteiger partial charge in [0.1, 0.15) is 5.82 Å². The van der Waals surface area contributed by atoms with Crippen LogP contribution in [-0.2, 0) is 6.42 Å². The molecular weight excluding hydrogens is 279 g/mol. The van der Waals surface area contributed by atoms with Crippen molar-refractivity contribution in [2.75, 3.05) is 6.54 Å². The number of rotatable bonds is 5. The zero-order valence-corrected chi connectivity index (χ0v) is 12.5. The van der Waals surface area contributed by atoms with Crippen molar-refractivity contribution in [1.82, 2.24) is 10.6 Å². The fourth-order valence-electron chi connectivity index (χ4n) is 2.04. The van der Waals surface area contributed by atoms with Crippen LogP contribution in [0.15, 0.2) is 54.7 Å². The van der Waals surface area contributed by atoms with Crippen LogP contribution < -0.4 is 10.6 Å². The van der Waals surface area contributed by atoms with Gasteiger partial charge in [-0.05, 0) is 48.2 Å². The molecule has 0 aliphatic carbocycles. The Balaban J connectivity index is 1.72. The molecule has 2 aromatic rings. The minimum Gasteiger partial charge on any atom is -0.338 e. The summed E-state index contributed by atoms with van der Waals surface area (Å²) in [7, 11) is 0. The predicted molar refractivity (Wildman–Crippen MR) is 86.9 cm³/mol.